The topological polar surface area (TPSA) is 36.4 Å². The summed E-state index contributed by atoms with van der Waals surface area (Å²) in [4.78, 5) is 21.4. The lowest BCUT2D eigenvalue weighted by Crippen LogP contribution is -2.49. The number of rotatable bonds is 3. The molecule has 1 saturated heterocycles. The van der Waals surface area contributed by atoms with E-state index in [2.05, 4.69) is 45.7 Å². The zero-order valence-electron chi connectivity index (χ0n) is 14.1. The molecule has 0 aliphatic carbocycles. The maximum Gasteiger partial charge on any atom is 0.253 e. The highest BCUT2D eigenvalue weighted by atomic mass is 79.9. The van der Waals surface area contributed by atoms with Gasteiger partial charge in [0.2, 0.25) is 0 Å². The molecule has 0 unspecified atom stereocenters. The van der Waals surface area contributed by atoms with Crippen LogP contribution in [0.15, 0.2) is 41.0 Å². The molecule has 24 heavy (non-hydrogen) atoms. The smallest absolute Gasteiger partial charge is 0.253 e. The van der Waals surface area contributed by atoms with Crippen molar-refractivity contribution in [3.05, 3.63) is 57.7 Å². The fourth-order valence-corrected chi connectivity index (χ4v) is 3.31. The molecule has 126 valence electrons. The van der Waals surface area contributed by atoms with Gasteiger partial charge in [-0.05, 0) is 48.7 Å². The SMILES string of the molecule is CCc1cnc(N2CCN(C(=O)c3ccc(Br)cc3)CC2)c(C)c1. The molecule has 2 aromatic rings. The summed E-state index contributed by atoms with van der Waals surface area (Å²) in [6.45, 7) is 7.35. The van der Waals surface area contributed by atoms with Crippen LogP contribution in [0.5, 0.6) is 0 Å². The van der Waals surface area contributed by atoms with Crippen molar-refractivity contribution in [1.82, 2.24) is 9.88 Å². The predicted octanol–water partition coefficient (Wildman–Crippen LogP) is 3.68. The Labute approximate surface area is 151 Å². The monoisotopic (exact) mass is 387 g/mol. The Kier molecular flexibility index (Phi) is 5.19. The quantitative estimate of drug-likeness (QED) is 0.805. The highest BCUT2D eigenvalue weighted by molar-refractivity contribution is 9.10. The van der Waals surface area contributed by atoms with Crippen molar-refractivity contribution in [2.24, 2.45) is 0 Å². The number of aromatic nitrogens is 1. The van der Waals surface area contributed by atoms with E-state index in [-0.39, 0.29) is 5.91 Å². The number of benzene rings is 1. The zero-order valence-corrected chi connectivity index (χ0v) is 15.7. The molecule has 4 nitrogen and oxygen atoms in total. The van der Waals surface area contributed by atoms with Crippen LogP contribution in [-0.2, 0) is 6.42 Å². The van der Waals surface area contributed by atoms with Crippen molar-refractivity contribution in [3.8, 4) is 0 Å². The van der Waals surface area contributed by atoms with E-state index in [1.54, 1.807) is 0 Å². The Bertz CT molecular complexity index is 722. The van der Waals surface area contributed by atoms with E-state index < -0.39 is 0 Å². The predicted molar refractivity (Wildman–Crippen MR) is 101 cm³/mol. The lowest BCUT2D eigenvalue weighted by molar-refractivity contribution is 0.0746. The lowest BCUT2D eigenvalue weighted by Gasteiger charge is -2.36. The summed E-state index contributed by atoms with van der Waals surface area (Å²) in [6.07, 6.45) is 2.96. The molecule has 5 heteroatoms. The number of anilines is 1. The van der Waals surface area contributed by atoms with Crippen molar-refractivity contribution in [3.63, 3.8) is 0 Å². The van der Waals surface area contributed by atoms with E-state index >= 15 is 0 Å². The summed E-state index contributed by atoms with van der Waals surface area (Å²) in [7, 11) is 0. The zero-order chi connectivity index (χ0) is 17.1. The standard InChI is InChI=1S/C19H22BrN3O/c1-3-15-12-14(2)18(21-13-15)22-8-10-23(11-9-22)19(24)16-4-6-17(20)7-5-16/h4-7,12-13H,3,8-11H2,1-2H3. The molecule has 0 atom stereocenters. The van der Waals surface area contributed by atoms with Gasteiger partial charge in [-0.2, -0.15) is 0 Å². The minimum Gasteiger partial charge on any atom is -0.353 e. The first-order chi connectivity index (χ1) is 11.6. The number of carbonyl (C=O) groups excluding carboxylic acids is 1. The minimum absolute atomic E-state index is 0.105. The molecule has 0 saturated carbocycles. The summed E-state index contributed by atoms with van der Waals surface area (Å²) in [5, 5.41) is 0. The summed E-state index contributed by atoms with van der Waals surface area (Å²) in [6, 6.07) is 9.77. The van der Waals surface area contributed by atoms with Gasteiger partial charge in [0.25, 0.3) is 5.91 Å². The summed E-state index contributed by atoms with van der Waals surface area (Å²) < 4.78 is 0.987. The second kappa shape index (κ2) is 7.34. The molecular formula is C19H22BrN3O. The number of halogens is 1. The fourth-order valence-electron chi connectivity index (χ4n) is 3.05. The van der Waals surface area contributed by atoms with Gasteiger partial charge in [0.1, 0.15) is 5.82 Å². The van der Waals surface area contributed by atoms with Gasteiger partial charge in [0.15, 0.2) is 0 Å². The normalized spacial score (nSPS) is 14.8. The molecule has 1 aliphatic heterocycles. The second-order valence-corrected chi connectivity index (χ2v) is 7.04. The molecule has 2 heterocycles. The molecular weight excluding hydrogens is 366 g/mol. The van der Waals surface area contributed by atoms with Crippen LogP contribution in [0.25, 0.3) is 0 Å². The van der Waals surface area contributed by atoms with Gasteiger partial charge in [0.05, 0.1) is 0 Å². The van der Waals surface area contributed by atoms with Gasteiger partial charge in [0, 0.05) is 42.4 Å². The van der Waals surface area contributed by atoms with E-state index in [1.807, 2.05) is 35.4 Å². The van der Waals surface area contributed by atoms with Crippen molar-refractivity contribution in [2.75, 3.05) is 31.1 Å². The number of hydrogen-bond acceptors (Lipinski definition) is 3. The van der Waals surface area contributed by atoms with Crippen molar-refractivity contribution in [2.45, 2.75) is 20.3 Å². The van der Waals surface area contributed by atoms with Crippen LogP contribution >= 0.6 is 15.9 Å². The Morgan fingerprint density at radius 2 is 1.83 bits per heavy atom. The number of hydrogen-bond donors (Lipinski definition) is 0. The first kappa shape index (κ1) is 17.0. The summed E-state index contributed by atoms with van der Waals surface area (Å²) in [5.74, 6) is 1.15. The van der Waals surface area contributed by atoms with Crippen LogP contribution in [0.3, 0.4) is 0 Å². The van der Waals surface area contributed by atoms with E-state index in [4.69, 9.17) is 0 Å². The second-order valence-electron chi connectivity index (χ2n) is 6.12. The third kappa shape index (κ3) is 3.61. The number of pyridine rings is 1. The van der Waals surface area contributed by atoms with Gasteiger partial charge < -0.3 is 9.80 Å². The van der Waals surface area contributed by atoms with Crippen LogP contribution < -0.4 is 4.90 Å². The number of amides is 1. The van der Waals surface area contributed by atoms with Crippen LogP contribution in [0.2, 0.25) is 0 Å². The van der Waals surface area contributed by atoms with Crippen LogP contribution in [0.1, 0.15) is 28.4 Å². The Morgan fingerprint density at radius 1 is 1.17 bits per heavy atom. The first-order valence-electron chi connectivity index (χ1n) is 8.34. The molecule has 0 radical (unpaired) electrons. The highest BCUT2D eigenvalue weighted by Gasteiger charge is 2.23. The maximum atomic E-state index is 12.6. The molecule has 3 rings (SSSR count). The third-order valence-corrected chi connectivity index (χ3v) is 5.00. The van der Waals surface area contributed by atoms with Gasteiger partial charge in [-0.25, -0.2) is 4.98 Å². The Balaban J connectivity index is 1.65. The average Bonchev–Trinajstić information content (AvgIpc) is 2.62. The van der Waals surface area contributed by atoms with Crippen molar-refractivity contribution < 1.29 is 4.79 Å². The van der Waals surface area contributed by atoms with Gasteiger partial charge in [-0.15, -0.1) is 0 Å². The van der Waals surface area contributed by atoms with E-state index in [1.165, 1.54) is 11.1 Å². The molecule has 0 spiro atoms. The molecule has 0 bridgehead atoms. The molecule has 1 amide bonds. The first-order valence-corrected chi connectivity index (χ1v) is 9.13. The van der Waals surface area contributed by atoms with E-state index in [0.717, 1.165) is 48.5 Å². The summed E-state index contributed by atoms with van der Waals surface area (Å²) in [5.41, 5.74) is 3.22. The van der Waals surface area contributed by atoms with Crippen molar-refractivity contribution in [1.29, 1.82) is 0 Å². The average molecular weight is 388 g/mol. The van der Waals surface area contributed by atoms with Crippen LogP contribution in [0, 0.1) is 6.92 Å². The largest absolute Gasteiger partial charge is 0.353 e. The van der Waals surface area contributed by atoms with Gasteiger partial charge in [-0.1, -0.05) is 28.9 Å². The number of nitrogens with zero attached hydrogens (tertiary/aromatic N) is 3. The minimum atomic E-state index is 0.105. The fraction of sp³-hybridized carbons (Fsp3) is 0.368. The maximum absolute atomic E-state index is 12.6. The summed E-state index contributed by atoms with van der Waals surface area (Å²) >= 11 is 3.40. The van der Waals surface area contributed by atoms with Gasteiger partial charge >= 0.3 is 0 Å². The molecule has 0 N–H and O–H groups in total. The molecule has 1 aromatic carbocycles. The lowest BCUT2D eigenvalue weighted by atomic mass is 10.1. The van der Waals surface area contributed by atoms with Crippen LogP contribution in [-0.4, -0.2) is 42.0 Å². The van der Waals surface area contributed by atoms with Crippen LogP contribution in [0.4, 0.5) is 5.82 Å². The number of aryl methyl sites for hydroxylation is 2. The molecule has 1 fully saturated rings. The van der Waals surface area contributed by atoms with E-state index in [9.17, 15) is 4.79 Å². The Morgan fingerprint density at radius 3 is 2.42 bits per heavy atom. The van der Waals surface area contributed by atoms with Gasteiger partial charge in [-0.3, -0.25) is 4.79 Å². The Hall–Kier alpha value is -1.88. The van der Waals surface area contributed by atoms with E-state index in [0.29, 0.717) is 0 Å². The van der Waals surface area contributed by atoms with Crippen molar-refractivity contribution >= 4 is 27.7 Å². The molecule has 1 aliphatic rings. The number of piperazine rings is 1. The number of carbonyl (C=O) groups is 1. The molecule has 1 aromatic heterocycles. The third-order valence-electron chi connectivity index (χ3n) is 4.47. The highest BCUT2D eigenvalue weighted by Crippen LogP contribution is 2.21.